The van der Waals surface area contributed by atoms with Crippen molar-refractivity contribution < 1.29 is 86.0 Å². The summed E-state index contributed by atoms with van der Waals surface area (Å²) in [4.78, 5) is 83.3. The van der Waals surface area contributed by atoms with Gasteiger partial charge in [-0.25, -0.2) is 0 Å². The molecule has 0 aromatic carbocycles. The van der Waals surface area contributed by atoms with Crippen LogP contribution in [-0.4, -0.2) is 122 Å². The van der Waals surface area contributed by atoms with E-state index in [1.165, 1.54) is 0 Å². The first-order valence-corrected chi connectivity index (χ1v) is 13.2. The molecule has 0 bridgehead atoms. The minimum absolute atomic E-state index is 0.571. The lowest BCUT2D eigenvalue weighted by atomic mass is 9.97. The molecule has 2 heterocycles. The van der Waals surface area contributed by atoms with Crippen LogP contribution in [0.15, 0.2) is 0 Å². The Balaban J connectivity index is 2.69. The van der Waals surface area contributed by atoms with Gasteiger partial charge < -0.3 is 52.5 Å². The Labute approximate surface area is 251 Å². The Morgan fingerprint density at radius 1 is 0.591 bits per heavy atom. The Bertz CT molecular complexity index is 1100. The van der Waals surface area contributed by atoms with Gasteiger partial charge in [0.2, 0.25) is 12.1 Å². The second kappa shape index (κ2) is 15.7. The molecule has 0 unspecified atom stereocenters. The number of carbonyl (C=O) groups is 7. The van der Waals surface area contributed by atoms with E-state index in [-0.39, 0.29) is 0 Å². The van der Waals surface area contributed by atoms with Crippen LogP contribution in [0.1, 0.15) is 48.5 Å². The molecule has 2 aliphatic heterocycles. The minimum Gasteiger partial charge on any atom is -0.463 e. The van der Waals surface area contributed by atoms with E-state index in [1.807, 2.05) is 0 Å². The molecule has 0 aliphatic carbocycles. The normalized spacial score (nSPS) is 31.2. The molecule has 2 rings (SSSR count). The lowest BCUT2D eigenvalue weighted by molar-refractivity contribution is -0.384. The monoisotopic (exact) mass is 636 g/mol. The van der Waals surface area contributed by atoms with Crippen LogP contribution in [0.25, 0.3) is 0 Å². The first-order valence-electron chi connectivity index (χ1n) is 13.2. The first kappa shape index (κ1) is 36.3. The molecule has 44 heavy (non-hydrogen) atoms. The van der Waals surface area contributed by atoms with Gasteiger partial charge in [0.25, 0.3) is 0 Å². The van der Waals surface area contributed by atoms with E-state index in [2.05, 4.69) is 0 Å². The van der Waals surface area contributed by atoms with Gasteiger partial charge in [-0.3, -0.25) is 33.6 Å². The van der Waals surface area contributed by atoms with Crippen LogP contribution in [0.2, 0.25) is 0 Å². The second-order valence-corrected chi connectivity index (χ2v) is 9.76. The third-order valence-corrected chi connectivity index (χ3v) is 5.96. The highest BCUT2D eigenvalue weighted by molar-refractivity contribution is 5.69. The summed E-state index contributed by atoms with van der Waals surface area (Å²) in [5.41, 5.74) is 0. The van der Waals surface area contributed by atoms with Gasteiger partial charge >= 0.3 is 41.8 Å². The summed E-state index contributed by atoms with van der Waals surface area (Å²) in [6.07, 6.45) is -13.2. The Morgan fingerprint density at radius 2 is 1.05 bits per heavy atom. The highest BCUT2D eigenvalue weighted by atomic mass is 16.8. The molecular formula is C26H36O18. The van der Waals surface area contributed by atoms with Crippen molar-refractivity contribution in [3.05, 3.63) is 0 Å². The maximum Gasteiger partial charge on any atom is 0.303 e. The van der Waals surface area contributed by atoms with Crippen molar-refractivity contribution in [2.24, 2.45) is 0 Å². The summed E-state index contributed by atoms with van der Waals surface area (Å²) in [7, 11) is 0. The summed E-state index contributed by atoms with van der Waals surface area (Å²) in [5.74, 6) is -8.50. The summed E-state index contributed by atoms with van der Waals surface area (Å²) >= 11 is 0. The van der Waals surface area contributed by atoms with E-state index < -0.39 is 116 Å². The number of hydrogen-bond acceptors (Lipinski definition) is 18. The molecule has 2 saturated heterocycles. The Morgan fingerprint density at radius 3 is 1.52 bits per heavy atom. The van der Waals surface area contributed by atoms with Crippen molar-refractivity contribution >= 4 is 41.8 Å². The third-order valence-electron chi connectivity index (χ3n) is 5.96. The number of esters is 7. The summed E-state index contributed by atoms with van der Waals surface area (Å²) in [5, 5.41) is 11.0. The van der Waals surface area contributed by atoms with Crippen LogP contribution in [0.5, 0.6) is 0 Å². The SMILES string of the molecule is CC(=O)OC[C@H]1O[C@@](COC(C)=O)(O[C@H]2O[C@H](COC(C)=O)[C@@H](OC(C)=O)[C@H](OC(C)=O)[C@H]2OC(C)=O)[C@@H](OC(C)=O)[C@@H]1O. The molecule has 0 saturated carbocycles. The van der Waals surface area contributed by atoms with E-state index >= 15 is 0 Å². The van der Waals surface area contributed by atoms with Crippen molar-refractivity contribution in [3.8, 4) is 0 Å². The van der Waals surface area contributed by atoms with Gasteiger partial charge in [0, 0.05) is 48.5 Å². The number of rotatable bonds is 12. The zero-order valence-corrected chi connectivity index (χ0v) is 25.1. The van der Waals surface area contributed by atoms with Gasteiger partial charge in [0.1, 0.15) is 38.1 Å². The molecule has 0 amide bonds. The van der Waals surface area contributed by atoms with Crippen LogP contribution in [-0.2, 0) is 80.9 Å². The molecule has 0 spiro atoms. The van der Waals surface area contributed by atoms with Crippen LogP contribution in [0.3, 0.4) is 0 Å². The molecule has 1 N–H and O–H groups in total. The van der Waals surface area contributed by atoms with Gasteiger partial charge in [-0.2, -0.15) is 0 Å². The minimum atomic E-state index is -2.44. The fourth-order valence-corrected chi connectivity index (χ4v) is 4.45. The van der Waals surface area contributed by atoms with E-state index in [0.29, 0.717) is 0 Å². The quantitative estimate of drug-likeness (QED) is 0.192. The highest BCUT2D eigenvalue weighted by Gasteiger charge is 2.63. The predicted molar refractivity (Wildman–Crippen MR) is 135 cm³/mol. The van der Waals surface area contributed by atoms with Crippen LogP contribution in [0.4, 0.5) is 0 Å². The molecule has 2 fully saturated rings. The standard InChI is InChI=1S/C26H36O18/c1-11(27)35-8-18-20(34)24(41-17(7)33)26(43-18,10-37-13(3)29)44-25-23(40-16(6)32)22(39-15(5)31)21(38-14(4)30)19(42-25)9-36-12(2)28/h18-25,34H,8-10H2,1-7H3/t18-,19-,20-,21-,22+,23-,24+,25-,26+/m1/s1. The van der Waals surface area contributed by atoms with Crippen LogP contribution < -0.4 is 0 Å². The molecule has 2 aliphatic rings. The lowest BCUT2D eigenvalue weighted by Crippen LogP contribution is -2.65. The Kier molecular flexibility index (Phi) is 13.0. The van der Waals surface area contributed by atoms with Gasteiger partial charge in [0.15, 0.2) is 24.4 Å². The number of hydrogen-bond donors (Lipinski definition) is 1. The zero-order valence-electron chi connectivity index (χ0n) is 25.1. The number of carbonyl (C=O) groups excluding carboxylic acids is 7. The maximum atomic E-state index is 12.2. The Hall–Kier alpha value is -3.87. The molecule has 248 valence electrons. The highest BCUT2D eigenvalue weighted by Crippen LogP contribution is 2.40. The molecule has 0 aromatic heterocycles. The summed E-state index contributed by atoms with van der Waals surface area (Å²) in [6, 6.07) is 0. The van der Waals surface area contributed by atoms with Crippen molar-refractivity contribution in [2.45, 2.75) is 103 Å². The zero-order chi connectivity index (χ0) is 33.4. The fourth-order valence-electron chi connectivity index (χ4n) is 4.45. The lowest BCUT2D eigenvalue weighted by Gasteiger charge is -2.46. The van der Waals surface area contributed by atoms with Crippen molar-refractivity contribution in [2.75, 3.05) is 19.8 Å². The average molecular weight is 637 g/mol. The largest absolute Gasteiger partial charge is 0.463 e. The van der Waals surface area contributed by atoms with E-state index in [1.54, 1.807) is 0 Å². The van der Waals surface area contributed by atoms with E-state index in [0.717, 1.165) is 48.5 Å². The second-order valence-electron chi connectivity index (χ2n) is 9.76. The number of aliphatic hydroxyl groups excluding tert-OH is 1. The molecule has 18 nitrogen and oxygen atoms in total. The molecule has 18 heteroatoms. The molecule has 0 aromatic rings. The predicted octanol–water partition coefficient (Wildman–Crippen LogP) is -1.40. The van der Waals surface area contributed by atoms with Crippen molar-refractivity contribution in [1.82, 2.24) is 0 Å². The van der Waals surface area contributed by atoms with Gasteiger partial charge in [-0.15, -0.1) is 0 Å². The number of ether oxygens (including phenoxy) is 10. The van der Waals surface area contributed by atoms with Gasteiger partial charge in [0.05, 0.1) is 0 Å². The topological polar surface area (TPSA) is 232 Å². The molecule has 9 atom stereocenters. The van der Waals surface area contributed by atoms with Crippen molar-refractivity contribution in [1.29, 1.82) is 0 Å². The average Bonchev–Trinajstić information content (AvgIpc) is 3.13. The van der Waals surface area contributed by atoms with Gasteiger partial charge in [-0.1, -0.05) is 0 Å². The smallest absolute Gasteiger partial charge is 0.303 e. The number of aliphatic hydroxyl groups is 1. The third kappa shape index (κ3) is 10.1. The van der Waals surface area contributed by atoms with E-state index in [4.69, 9.17) is 47.4 Å². The van der Waals surface area contributed by atoms with Crippen LogP contribution in [0, 0.1) is 0 Å². The molecule has 0 radical (unpaired) electrons. The van der Waals surface area contributed by atoms with Gasteiger partial charge in [-0.05, 0) is 0 Å². The van der Waals surface area contributed by atoms with E-state index in [9.17, 15) is 38.7 Å². The maximum absolute atomic E-state index is 12.2. The first-order chi connectivity index (χ1) is 20.4. The summed E-state index contributed by atoms with van der Waals surface area (Å²) in [6.45, 7) is 5.20. The summed E-state index contributed by atoms with van der Waals surface area (Å²) < 4.78 is 54.3. The molecular weight excluding hydrogens is 600 g/mol. The van der Waals surface area contributed by atoms with Crippen molar-refractivity contribution in [3.63, 3.8) is 0 Å². The fraction of sp³-hybridized carbons (Fsp3) is 0.731. The van der Waals surface area contributed by atoms with Crippen LogP contribution >= 0.6 is 0 Å².